The van der Waals surface area contributed by atoms with Gasteiger partial charge in [0.1, 0.15) is 6.33 Å². The first-order valence-electron chi connectivity index (χ1n) is 3.24. The molecule has 1 aliphatic heterocycles. The van der Waals surface area contributed by atoms with Gasteiger partial charge in [0.25, 0.3) is 5.91 Å². The third-order valence-corrected chi connectivity index (χ3v) is 1.45. The van der Waals surface area contributed by atoms with E-state index in [2.05, 4.69) is 15.0 Å². The van der Waals surface area contributed by atoms with Crippen LogP contribution >= 0.6 is 9.90 Å². The molecular weight excluding hydrogens is 173 g/mol. The molecule has 1 amide bonds. The fourth-order valence-corrected chi connectivity index (χ4v) is 0.932. The van der Waals surface area contributed by atoms with Gasteiger partial charge in [-0.2, -0.15) is 4.99 Å². The van der Waals surface area contributed by atoms with Gasteiger partial charge in [0.2, 0.25) is 0 Å². The van der Waals surface area contributed by atoms with Crippen LogP contribution in [0.1, 0.15) is 6.42 Å². The zero-order valence-electron chi connectivity index (χ0n) is 6.14. The highest BCUT2D eigenvalue weighted by atomic mass is 31.0. The second kappa shape index (κ2) is 3.50. The topological polar surface area (TPSA) is 55.2 Å². The molecule has 59 valence electrons. The van der Waals surface area contributed by atoms with Crippen molar-refractivity contribution in [2.24, 2.45) is 4.99 Å². The quantitative estimate of drug-likeness (QED) is 0.511. The van der Waals surface area contributed by atoms with Crippen molar-refractivity contribution in [1.82, 2.24) is 9.97 Å². The van der Waals surface area contributed by atoms with Gasteiger partial charge in [-0.15, -0.1) is 0 Å². The van der Waals surface area contributed by atoms with E-state index >= 15 is 0 Å². The minimum atomic E-state index is -0.142. The molecule has 1 aromatic rings. The third-order valence-electron chi connectivity index (χ3n) is 1.45. The number of amides is 1. The second-order valence-electron chi connectivity index (χ2n) is 2.22. The Balaban J connectivity index is 0.000000720. The molecule has 0 spiro atoms. The Bertz CT molecular complexity index is 415. The summed E-state index contributed by atoms with van der Waals surface area (Å²) in [6.45, 7) is 0. The summed E-state index contributed by atoms with van der Waals surface area (Å²) in [7, 11) is 0. The molecule has 0 unspecified atom stereocenters. The highest BCUT2D eigenvalue weighted by Gasteiger charge is 2.01. The maximum absolute atomic E-state index is 10.8. The lowest BCUT2D eigenvalue weighted by Crippen LogP contribution is -2.32. The Morgan fingerprint density at radius 2 is 2.25 bits per heavy atom. The molecule has 0 saturated carbocycles. The highest BCUT2D eigenvalue weighted by Crippen LogP contribution is 1.86. The van der Waals surface area contributed by atoms with E-state index in [4.69, 9.17) is 0 Å². The number of nitrogens with zero attached hydrogens (tertiary/aromatic N) is 3. The molecule has 0 aliphatic carbocycles. The Kier molecular flexibility index (Phi) is 2.61. The van der Waals surface area contributed by atoms with Crippen molar-refractivity contribution in [1.29, 1.82) is 0 Å². The minimum absolute atomic E-state index is 0. The smallest absolute Gasteiger partial charge is 0.251 e. The third kappa shape index (κ3) is 1.53. The minimum Gasteiger partial charge on any atom is -0.272 e. The van der Waals surface area contributed by atoms with Crippen molar-refractivity contribution in [3.05, 3.63) is 23.2 Å². The monoisotopic (exact) mass is 178 g/mol. The summed E-state index contributed by atoms with van der Waals surface area (Å²) in [4.78, 5) is 22.1. The van der Waals surface area contributed by atoms with Crippen LogP contribution in [0.4, 0.5) is 0 Å². The van der Waals surface area contributed by atoms with Gasteiger partial charge in [0.15, 0.2) is 5.49 Å². The molecule has 1 aliphatic rings. The van der Waals surface area contributed by atoms with Gasteiger partial charge >= 0.3 is 0 Å². The average molecular weight is 178 g/mol. The van der Waals surface area contributed by atoms with E-state index in [0.717, 1.165) is 5.22 Å². The van der Waals surface area contributed by atoms with Crippen LogP contribution in [0.25, 0.3) is 6.08 Å². The zero-order chi connectivity index (χ0) is 7.68. The molecule has 0 N–H and O–H groups in total. The molecule has 2 heterocycles. The van der Waals surface area contributed by atoms with Crippen LogP contribution in [0.15, 0.2) is 17.5 Å². The van der Waals surface area contributed by atoms with Gasteiger partial charge in [-0.25, -0.2) is 9.97 Å². The predicted molar refractivity (Wildman–Crippen MR) is 43.8 cm³/mol. The van der Waals surface area contributed by atoms with Gasteiger partial charge in [0, 0.05) is 27.7 Å². The van der Waals surface area contributed by atoms with Crippen molar-refractivity contribution in [2.45, 2.75) is 6.42 Å². The number of carbonyl (C=O) groups excluding carboxylic acids is 1. The molecule has 12 heavy (non-hydrogen) atoms. The lowest BCUT2D eigenvalue weighted by molar-refractivity contribution is -0.117. The summed E-state index contributed by atoms with van der Waals surface area (Å²) in [6.07, 6.45) is 5.18. The van der Waals surface area contributed by atoms with E-state index in [-0.39, 0.29) is 15.8 Å². The largest absolute Gasteiger partial charge is 0.272 e. The molecular formula is C7H5N3OP. The molecule has 5 heteroatoms. The first kappa shape index (κ1) is 8.94. The number of aromatic nitrogens is 2. The van der Waals surface area contributed by atoms with Gasteiger partial charge in [-0.1, -0.05) is 6.08 Å². The van der Waals surface area contributed by atoms with E-state index in [1.165, 1.54) is 6.33 Å². The molecule has 2 rings (SSSR count). The van der Waals surface area contributed by atoms with Crippen LogP contribution in [0.3, 0.4) is 0 Å². The van der Waals surface area contributed by atoms with Crippen LogP contribution in [-0.2, 0) is 4.79 Å². The first-order valence-corrected chi connectivity index (χ1v) is 3.24. The van der Waals surface area contributed by atoms with Gasteiger partial charge in [-0.05, 0) is 0 Å². The molecule has 0 atom stereocenters. The normalized spacial score (nSPS) is 13.5. The molecule has 1 aromatic heterocycles. The van der Waals surface area contributed by atoms with E-state index in [0.29, 0.717) is 11.9 Å². The predicted octanol–water partition coefficient (Wildman–Crippen LogP) is -0.332. The Morgan fingerprint density at radius 3 is 3.08 bits per heavy atom. The first-order chi connectivity index (χ1) is 5.36. The highest BCUT2D eigenvalue weighted by molar-refractivity contribution is 6.92. The SMILES string of the molecule is O=C1CC=c2cncnc2=N1.[P]. The lowest BCUT2D eigenvalue weighted by atomic mass is 10.3. The zero-order valence-corrected chi connectivity index (χ0v) is 7.03. The summed E-state index contributed by atoms with van der Waals surface area (Å²) in [6, 6.07) is 0. The summed E-state index contributed by atoms with van der Waals surface area (Å²) in [5, 5.41) is 0.840. The van der Waals surface area contributed by atoms with E-state index in [1.54, 1.807) is 12.3 Å². The second-order valence-corrected chi connectivity index (χ2v) is 2.22. The number of hydrogen-bond donors (Lipinski definition) is 0. The molecule has 3 radical (unpaired) electrons. The number of fused-ring (bicyclic) bond motifs is 1. The lowest BCUT2D eigenvalue weighted by Gasteiger charge is -1.94. The Labute approximate surface area is 72.1 Å². The summed E-state index contributed by atoms with van der Waals surface area (Å²) in [5.74, 6) is -0.142. The van der Waals surface area contributed by atoms with Crippen LogP contribution in [0.2, 0.25) is 0 Å². The van der Waals surface area contributed by atoms with Crippen molar-refractivity contribution < 1.29 is 4.79 Å². The molecule has 4 nitrogen and oxygen atoms in total. The van der Waals surface area contributed by atoms with Crippen molar-refractivity contribution in [2.75, 3.05) is 0 Å². The van der Waals surface area contributed by atoms with Crippen LogP contribution in [0, 0.1) is 0 Å². The van der Waals surface area contributed by atoms with Gasteiger partial charge < -0.3 is 0 Å². The molecule has 0 fully saturated rings. The summed E-state index contributed by atoms with van der Waals surface area (Å²) in [5.41, 5.74) is 0.483. The molecule has 0 aromatic carbocycles. The average Bonchev–Trinajstić information content (AvgIpc) is 2.04. The van der Waals surface area contributed by atoms with Crippen LogP contribution in [-0.4, -0.2) is 15.9 Å². The maximum Gasteiger partial charge on any atom is 0.251 e. The van der Waals surface area contributed by atoms with Crippen molar-refractivity contribution in [3.8, 4) is 0 Å². The fraction of sp³-hybridized carbons (Fsp3) is 0.143. The van der Waals surface area contributed by atoms with Crippen LogP contribution in [0.5, 0.6) is 0 Å². The Morgan fingerprint density at radius 1 is 1.42 bits per heavy atom. The van der Waals surface area contributed by atoms with Gasteiger partial charge in [-0.3, -0.25) is 4.79 Å². The number of rotatable bonds is 0. The Hall–Kier alpha value is -1.15. The fourth-order valence-electron chi connectivity index (χ4n) is 0.932. The summed E-state index contributed by atoms with van der Waals surface area (Å²) < 4.78 is 0. The van der Waals surface area contributed by atoms with Crippen LogP contribution < -0.4 is 10.7 Å². The number of hydrogen-bond acceptors (Lipinski definition) is 3. The maximum atomic E-state index is 10.8. The number of carbonyl (C=O) groups is 1. The van der Waals surface area contributed by atoms with Crippen molar-refractivity contribution >= 4 is 21.9 Å². The van der Waals surface area contributed by atoms with Crippen molar-refractivity contribution in [3.63, 3.8) is 0 Å². The summed E-state index contributed by atoms with van der Waals surface area (Å²) >= 11 is 0. The van der Waals surface area contributed by atoms with E-state index in [1.807, 2.05) is 0 Å². The standard InChI is InChI=1S/C7H5N3O.P/c11-6-2-1-5-3-8-4-9-7(5)10-6;/h1,3-4H,2H2;. The van der Waals surface area contributed by atoms with E-state index in [9.17, 15) is 4.79 Å². The van der Waals surface area contributed by atoms with Gasteiger partial charge in [0.05, 0.1) is 0 Å². The van der Waals surface area contributed by atoms with E-state index < -0.39 is 0 Å². The molecule has 0 saturated heterocycles. The molecule has 0 bridgehead atoms.